The number of aromatic nitrogens is 2. The normalized spacial score (nSPS) is 12.3. The fourth-order valence-electron chi connectivity index (χ4n) is 1.55. The molecule has 3 N–H and O–H groups in total. The summed E-state index contributed by atoms with van der Waals surface area (Å²) in [7, 11) is -6.67. The summed E-state index contributed by atoms with van der Waals surface area (Å²) in [6.45, 7) is 0. The molecule has 2 rings (SSSR count). The molecule has 8 nitrogen and oxygen atoms in total. The minimum atomic E-state index is -4.11. The molecule has 114 valence electrons. The molecule has 0 aliphatic rings. The summed E-state index contributed by atoms with van der Waals surface area (Å²) < 4.78 is 50.4. The Morgan fingerprint density at radius 2 is 1.76 bits per heavy atom. The number of hydrogen-bond acceptors (Lipinski definition) is 5. The van der Waals surface area contributed by atoms with Crippen LogP contribution in [0, 0.1) is 0 Å². The molecule has 1 heterocycles. The van der Waals surface area contributed by atoms with Gasteiger partial charge in [0.1, 0.15) is 4.90 Å². The van der Waals surface area contributed by atoms with Gasteiger partial charge in [-0.2, -0.15) is 5.10 Å². The molecule has 11 heteroatoms. The van der Waals surface area contributed by atoms with Crippen molar-refractivity contribution in [1.29, 1.82) is 0 Å². The van der Waals surface area contributed by atoms with E-state index in [4.69, 9.17) is 16.7 Å². The van der Waals surface area contributed by atoms with Crippen molar-refractivity contribution in [3.63, 3.8) is 0 Å². The topological polar surface area (TPSA) is 124 Å². The number of nitrogens with one attached hydrogen (secondary N) is 1. The van der Waals surface area contributed by atoms with E-state index in [1.54, 1.807) is 0 Å². The summed E-state index contributed by atoms with van der Waals surface area (Å²) in [6, 6.07) is 5.36. The summed E-state index contributed by atoms with van der Waals surface area (Å²) in [4.78, 5) is -0.500. The van der Waals surface area contributed by atoms with Gasteiger partial charge in [-0.05, 0) is 24.3 Å². The van der Waals surface area contributed by atoms with Gasteiger partial charge < -0.3 is 0 Å². The third kappa shape index (κ3) is 3.53. The Balaban J connectivity index is 2.44. The number of aryl methyl sites for hydroxylation is 1. The molecule has 21 heavy (non-hydrogen) atoms. The molecule has 0 radical (unpaired) electrons. The van der Waals surface area contributed by atoms with Crippen molar-refractivity contribution in [2.75, 3.05) is 4.72 Å². The molecule has 2 aromatic rings. The van der Waals surface area contributed by atoms with Gasteiger partial charge in [0.2, 0.25) is 10.0 Å². The maximum Gasteiger partial charge on any atom is 0.263 e. The van der Waals surface area contributed by atoms with Crippen LogP contribution in [0.3, 0.4) is 0 Å². The second-order valence-electron chi connectivity index (χ2n) is 4.12. The quantitative estimate of drug-likeness (QED) is 0.831. The van der Waals surface area contributed by atoms with E-state index >= 15 is 0 Å². The maximum atomic E-state index is 12.2. The Bertz CT molecular complexity index is 872. The minimum Gasteiger partial charge on any atom is -0.272 e. The Morgan fingerprint density at radius 1 is 1.19 bits per heavy atom. The van der Waals surface area contributed by atoms with Crippen LogP contribution in [0.25, 0.3) is 0 Å². The van der Waals surface area contributed by atoms with Crippen molar-refractivity contribution in [2.24, 2.45) is 12.2 Å². The number of rotatable bonds is 4. The van der Waals surface area contributed by atoms with Gasteiger partial charge in [0, 0.05) is 18.3 Å². The second kappa shape index (κ2) is 5.30. The number of anilines is 1. The lowest BCUT2D eigenvalue weighted by molar-refractivity contribution is 0.598. The Kier molecular flexibility index (Phi) is 3.97. The van der Waals surface area contributed by atoms with Crippen LogP contribution in [-0.4, -0.2) is 26.6 Å². The largest absolute Gasteiger partial charge is 0.272 e. The van der Waals surface area contributed by atoms with Crippen LogP contribution >= 0.6 is 11.6 Å². The zero-order valence-electron chi connectivity index (χ0n) is 10.7. The van der Waals surface area contributed by atoms with Crippen LogP contribution in [0.2, 0.25) is 5.02 Å². The average molecular weight is 351 g/mol. The van der Waals surface area contributed by atoms with Crippen molar-refractivity contribution >= 4 is 37.5 Å². The van der Waals surface area contributed by atoms with Gasteiger partial charge in [-0.15, -0.1) is 0 Å². The predicted molar refractivity (Wildman–Crippen MR) is 76.8 cm³/mol. The zero-order valence-corrected chi connectivity index (χ0v) is 13.1. The monoisotopic (exact) mass is 350 g/mol. The van der Waals surface area contributed by atoms with Crippen LogP contribution in [0.4, 0.5) is 5.82 Å². The lowest BCUT2D eigenvalue weighted by atomic mass is 10.4. The highest BCUT2D eigenvalue weighted by atomic mass is 35.5. The van der Waals surface area contributed by atoms with Gasteiger partial charge in [-0.3, -0.25) is 9.40 Å². The molecule has 0 aliphatic carbocycles. The molecule has 1 aromatic heterocycles. The first kappa shape index (κ1) is 15.8. The van der Waals surface area contributed by atoms with Crippen molar-refractivity contribution in [3.05, 3.63) is 35.5 Å². The molecule has 0 saturated carbocycles. The van der Waals surface area contributed by atoms with Crippen LogP contribution in [0.1, 0.15) is 0 Å². The molecule has 0 saturated heterocycles. The van der Waals surface area contributed by atoms with E-state index in [0.29, 0.717) is 5.02 Å². The van der Waals surface area contributed by atoms with Crippen molar-refractivity contribution in [1.82, 2.24) is 9.78 Å². The average Bonchev–Trinajstić information content (AvgIpc) is 2.69. The number of halogens is 1. The van der Waals surface area contributed by atoms with Crippen LogP contribution < -0.4 is 9.86 Å². The predicted octanol–water partition coefficient (Wildman–Crippen LogP) is 0.522. The first-order chi connectivity index (χ1) is 9.59. The van der Waals surface area contributed by atoms with Gasteiger partial charge in [-0.25, -0.2) is 22.0 Å². The Hall–Kier alpha value is -1.62. The van der Waals surface area contributed by atoms with E-state index in [9.17, 15) is 16.8 Å². The fraction of sp³-hybridized carbons (Fsp3) is 0.100. The molecule has 0 atom stereocenters. The number of hydrogen-bond donors (Lipinski definition) is 2. The van der Waals surface area contributed by atoms with Gasteiger partial charge in [0.25, 0.3) is 10.0 Å². The molecule has 1 aromatic carbocycles. The zero-order chi connectivity index (χ0) is 15.8. The molecule has 0 unspecified atom stereocenters. The van der Waals surface area contributed by atoms with E-state index in [2.05, 4.69) is 9.82 Å². The van der Waals surface area contributed by atoms with E-state index in [0.717, 1.165) is 10.9 Å². The SMILES string of the molecule is Cn1cc(S(N)(=O)=O)c(NS(=O)(=O)c2ccc(Cl)cc2)n1. The molecule has 0 fully saturated rings. The summed E-state index contributed by atoms with van der Waals surface area (Å²) in [5.74, 6) is -0.366. The summed E-state index contributed by atoms with van der Waals surface area (Å²) >= 11 is 5.68. The van der Waals surface area contributed by atoms with E-state index < -0.39 is 24.9 Å². The minimum absolute atomic E-state index is 0.0853. The Labute approximate surface area is 126 Å². The third-order valence-corrected chi connectivity index (χ3v) is 4.98. The van der Waals surface area contributed by atoms with Crippen LogP contribution in [0.5, 0.6) is 0 Å². The van der Waals surface area contributed by atoms with Crippen LogP contribution in [0.15, 0.2) is 40.3 Å². The summed E-state index contributed by atoms with van der Waals surface area (Å²) in [6.07, 6.45) is 1.11. The summed E-state index contributed by atoms with van der Waals surface area (Å²) in [5.41, 5.74) is 0. The van der Waals surface area contributed by atoms with E-state index in [1.165, 1.54) is 31.3 Å². The smallest absolute Gasteiger partial charge is 0.263 e. The number of nitrogens with zero attached hydrogens (tertiary/aromatic N) is 2. The van der Waals surface area contributed by atoms with Gasteiger partial charge in [0.15, 0.2) is 5.82 Å². The molecule has 0 spiro atoms. The first-order valence-electron chi connectivity index (χ1n) is 5.44. The third-order valence-electron chi connectivity index (χ3n) is 2.46. The number of sulfonamides is 2. The van der Waals surface area contributed by atoms with E-state index in [-0.39, 0.29) is 10.7 Å². The number of primary sulfonamides is 1. The Morgan fingerprint density at radius 3 is 2.29 bits per heavy atom. The second-order valence-corrected chi connectivity index (χ2v) is 7.77. The highest BCUT2D eigenvalue weighted by Crippen LogP contribution is 2.22. The van der Waals surface area contributed by atoms with Gasteiger partial charge in [0.05, 0.1) is 4.90 Å². The molecule has 0 aliphatic heterocycles. The molecule has 0 amide bonds. The van der Waals surface area contributed by atoms with Crippen LogP contribution in [-0.2, 0) is 27.1 Å². The fourth-order valence-corrected chi connectivity index (χ4v) is 3.41. The maximum absolute atomic E-state index is 12.2. The lowest BCUT2D eigenvalue weighted by Gasteiger charge is -2.06. The van der Waals surface area contributed by atoms with Gasteiger partial charge in [-0.1, -0.05) is 11.6 Å². The lowest BCUT2D eigenvalue weighted by Crippen LogP contribution is -2.18. The summed E-state index contributed by atoms with van der Waals surface area (Å²) in [5, 5.41) is 9.13. The van der Waals surface area contributed by atoms with Crippen molar-refractivity contribution < 1.29 is 16.8 Å². The number of benzene rings is 1. The highest BCUT2D eigenvalue weighted by molar-refractivity contribution is 7.93. The van der Waals surface area contributed by atoms with Crippen molar-refractivity contribution in [2.45, 2.75) is 9.79 Å². The first-order valence-corrected chi connectivity index (χ1v) is 8.85. The van der Waals surface area contributed by atoms with E-state index in [1.807, 2.05) is 0 Å². The van der Waals surface area contributed by atoms with Gasteiger partial charge >= 0.3 is 0 Å². The molecular weight excluding hydrogens is 340 g/mol. The highest BCUT2D eigenvalue weighted by Gasteiger charge is 2.23. The standard InChI is InChI=1S/C10H11ClN4O4S2/c1-15-6-9(20(12,16)17)10(13-15)14-21(18,19)8-4-2-7(11)3-5-8/h2-6H,1H3,(H,13,14)(H2,12,16,17). The molecular formula is C10H11ClN4O4S2. The van der Waals surface area contributed by atoms with Crippen molar-refractivity contribution in [3.8, 4) is 0 Å². The number of nitrogens with two attached hydrogens (primary N) is 1. The molecule has 0 bridgehead atoms.